The summed E-state index contributed by atoms with van der Waals surface area (Å²) >= 11 is 5.88. The van der Waals surface area contributed by atoms with Crippen LogP contribution in [0.4, 0.5) is 0 Å². The molecule has 1 heterocycles. The van der Waals surface area contributed by atoms with E-state index in [1.165, 1.54) is 0 Å². The Bertz CT molecular complexity index is 531. The zero-order chi connectivity index (χ0) is 11.2. The van der Waals surface area contributed by atoms with Crippen molar-refractivity contribution in [3.05, 3.63) is 28.4 Å². The van der Waals surface area contributed by atoms with Crippen molar-refractivity contribution in [2.24, 2.45) is 12.8 Å². The molecule has 0 atom stereocenters. The number of hydrogen-bond acceptors (Lipinski definition) is 2. The molecule has 3 N–H and O–H groups in total. The van der Waals surface area contributed by atoms with Gasteiger partial charge in [0.2, 0.25) is 0 Å². The average Bonchev–Trinajstić information content (AvgIpc) is 2.42. The van der Waals surface area contributed by atoms with Gasteiger partial charge < -0.3 is 15.4 Å². The number of aromatic hydroxyl groups is 1. The van der Waals surface area contributed by atoms with Crippen LogP contribution in [0.25, 0.3) is 10.9 Å². The Morgan fingerprint density at radius 1 is 1.47 bits per heavy atom. The number of benzene rings is 1. The van der Waals surface area contributed by atoms with E-state index in [0.717, 1.165) is 22.2 Å². The fraction of sp³-hybridized carbons (Fsp3) is 0.273. The summed E-state index contributed by atoms with van der Waals surface area (Å²) in [6.07, 6.45) is 0. The third kappa shape index (κ3) is 1.39. The van der Waals surface area contributed by atoms with Crippen LogP contribution in [0.1, 0.15) is 11.3 Å². The average molecular weight is 225 g/mol. The number of fused-ring (bicyclic) bond motifs is 1. The molecular weight excluding hydrogens is 212 g/mol. The van der Waals surface area contributed by atoms with Gasteiger partial charge in [-0.05, 0) is 18.6 Å². The number of aryl methyl sites for hydroxylation is 1. The Morgan fingerprint density at radius 2 is 2.13 bits per heavy atom. The van der Waals surface area contributed by atoms with Gasteiger partial charge in [-0.2, -0.15) is 0 Å². The highest BCUT2D eigenvalue weighted by Crippen LogP contribution is 2.33. The zero-order valence-corrected chi connectivity index (χ0v) is 9.47. The summed E-state index contributed by atoms with van der Waals surface area (Å²) in [7, 11) is 1.95. The summed E-state index contributed by atoms with van der Waals surface area (Å²) in [5.41, 5.74) is 8.84. The number of phenols is 1. The number of nitrogens with zero attached hydrogens (tertiary/aromatic N) is 1. The van der Waals surface area contributed by atoms with Gasteiger partial charge >= 0.3 is 0 Å². The molecule has 2 rings (SSSR count). The Hall–Kier alpha value is -1.19. The third-order valence-corrected chi connectivity index (χ3v) is 3.20. The van der Waals surface area contributed by atoms with E-state index in [2.05, 4.69) is 0 Å². The topological polar surface area (TPSA) is 51.2 Å². The van der Waals surface area contributed by atoms with E-state index < -0.39 is 0 Å². The second kappa shape index (κ2) is 3.43. The molecule has 0 spiro atoms. The maximum absolute atomic E-state index is 9.54. The summed E-state index contributed by atoms with van der Waals surface area (Å²) in [5.74, 6) is 0.105. The van der Waals surface area contributed by atoms with Gasteiger partial charge in [-0.15, -0.1) is 0 Å². The molecule has 0 saturated heterocycles. The molecule has 0 unspecified atom stereocenters. The summed E-state index contributed by atoms with van der Waals surface area (Å²) in [6.45, 7) is 2.48. The summed E-state index contributed by atoms with van der Waals surface area (Å²) in [4.78, 5) is 0. The lowest BCUT2D eigenvalue weighted by atomic mass is 10.1. The first-order valence-corrected chi connectivity index (χ1v) is 5.10. The molecule has 2 aromatic rings. The third-order valence-electron chi connectivity index (χ3n) is 2.90. The lowest BCUT2D eigenvalue weighted by molar-refractivity contribution is 0.476. The molecule has 0 radical (unpaired) electrons. The molecule has 15 heavy (non-hydrogen) atoms. The van der Waals surface area contributed by atoms with Crippen LogP contribution in [-0.2, 0) is 13.6 Å². The summed E-state index contributed by atoms with van der Waals surface area (Å²) in [5, 5.41) is 10.9. The van der Waals surface area contributed by atoms with Gasteiger partial charge in [0, 0.05) is 30.7 Å². The molecule has 0 aliphatic carbocycles. The van der Waals surface area contributed by atoms with Crippen molar-refractivity contribution in [2.45, 2.75) is 13.5 Å². The number of hydrogen-bond donors (Lipinski definition) is 2. The van der Waals surface area contributed by atoms with E-state index in [1.807, 2.05) is 18.5 Å². The molecule has 0 aliphatic heterocycles. The molecule has 80 valence electrons. The minimum absolute atomic E-state index is 0.105. The van der Waals surface area contributed by atoms with Crippen molar-refractivity contribution in [1.82, 2.24) is 4.57 Å². The second-order valence-corrected chi connectivity index (χ2v) is 4.06. The van der Waals surface area contributed by atoms with Gasteiger partial charge in [-0.25, -0.2) is 0 Å². The first-order valence-electron chi connectivity index (χ1n) is 4.72. The highest BCUT2D eigenvalue weighted by Gasteiger charge is 2.12. The second-order valence-electron chi connectivity index (χ2n) is 3.65. The molecule has 4 heteroatoms. The van der Waals surface area contributed by atoms with E-state index in [0.29, 0.717) is 11.6 Å². The largest absolute Gasteiger partial charge is 0.506 e. The lowest BCUT2D eigenvalue weighted by Gasteiger charge is -2.00. The normalized spacial score (nSPS) is 11.2. The van der Waals surface area contributed by atoms with Gasteiger partial charge in [0.15, 0.2) is 0 Å². The van der Waals surface area contributed by atoms with Crippen molar-refractivity contribution in [3.8, 4) is 5.75 Å². The van der Waals surface area contributed by atoms with Crippen LogP contribution in [0.15, 0.2) is 12.1 Å². The number of phenolic OH excluding ortho intramolecular Hbond substituents is 1. The number of aromatic nitrogens is 1. The highest BCUT2D eigenvalue weighted by atomic mass is 35.5. The van der Waals surface area contributed by atoms with Crippen LogP contribution < -0.4 is 5.73 Å². The summed E-state index contributed by atoms with van der Waals surface area (Å²) in [6, 6.07) is 3.44. The predicted octanol–water partition coefficient (Wildman–Crippen LogP) is 2.30. The van der Waals surface area contributed by atoms with Crippen LogP contribution in [0, 0.1) is 6.92 Å². The fourth-order valence-electron chi connectivity index (χ4n) is 1.91. The van der Waals surface area contributed by atoms with E-state index in [1.54, 1.807) is 12.1 Å². The van der Waals surface area contributed by atoms with Gasteiger partial charge in [-0.1, -0.05) is 11.6 Å². The first-order chi connectivity index (χ1) is 7.06. The quantitative estimate of drug-likeness (QED) is 0.781. The number of nitrogens with two attached hydrogens (primary N) is 1. The van der Waals surface area contributed by atoms with E-state index in [9.17, 15) is 5.11 Å². The molecule has 1 aromatic carbocycles. The molecule has 3 nitrogen and oxygen atoms in total. The van der Waals surface area contributed by atoms with Crippen molar-refractivity contribution in [1.29, 1.82) is 0 Å². The van der Waals surface area contributed by atoms with Gasteiger partial charge in [0.25, 0.3) is 0 Å². The van der Waals surface area contributed by atoms with Crippen molar-refractivity contribution in [3.63, 3.8) is 0 Å². The Morgan fingerprint density at radius 3 is 2.73 bits per heavy atom. The minimum Gasteiger partial charge on any atom is -0.506 e. The Labute approximate surface area is 93.1 Å². The van der Waals surface area contributed by atoms with E-state index in [-0.39, 0.29) is 5.75 Å². The predicted molar refractivity (Wildman–Crippen MR) is 62.2 cm³/mol. The van der Waals surface area contributed by atoms with Crippen LogP contribution in [0.5, 0.6) is 5.75 Å². The van der Waals surface area contributed by atoms with Crippen molar-refractivity contribution < 1.29 is 5.11 Å². The minimum atomic E-state index is 0.105. The molecule has 0 amide bonds. The Kier molecular flexibility index (Phi) is 2.37. The lowest BCUT2D eigenvalue weighted by Crippen LogP contribution is -1.98. The van der Waals surface area contributed by atoms with Crippen molar-refractivity contribution in [2.75, 3.05) is 0 Å². The van der Waals surface area contributed by atoms with Crippen LogP contribution in [-0.4, -0.2) is 9.67 Å². The molecule has 0 saturated carbocycles. The molecule has 0 fully saturated rings. The molecular formula is C11H13ClN2O. The van der Waals surface area contributed by atoms with Crippen molar-refractivity contribution >= 4 is 22.5 Å². The first kappa shape index (κ1) is 10.3. The maximum Gasteiger partial charge on any atom is 0.136 e. The molecule has 1 aromatic heterocycles. The number of halogens is 1. The Balaban J connectivity index is 2.91. The van der Waals surface area contributed by atoms with Crippen LogP contribution in [0.3, 0.4) is 0 Å². The van der Waals surface area contributed by atoms with Gasteiger partial charge in [-0.3, -0.25) is 0 Å². The van der Waals surface area contributed by atoms with E-state index in [4.69, 9.17) is 17.3 Å². The maximum atomic E-state index is 9.54. The van der Waals surface area contributed by atoms with Crippen LogP contribution in [0.2, 0.25) is 5.02 Å². The highest BCUT2D eigenvalue weighted by molar-refractivity contribution is 6.32. The van der Waals surface area contributed by atoms with Gasteiger partial charge in [0.1, 0.15) is 5.75 Å². The number of rotatable bonds is 1. The molecule has 0 aliphatic rings. The SMILES string of the molecule is Cc1c(CN)c2cc(Cl)c(O)cc2n1C. The smallest absolute Gasteiger partial charge is 0.136 e. The summed E-state index contributed by atoms with van der Waals surface area (Å²) < 4.78 is 2.01. The standard InChI is InChI=1S/C11H13ClN2O/c1-6-8(5-13)7-3-9(12)11(15)4-10(7)14(6)2/h3-4,15H,5,13H2,1-2H3. The monoisotopic (exact) mass is 224 g/mol. The van der Waals surface area contributed by atoms with Crippen LogP contribution >= 0.6 is 11.6 Å². The van der Waals surface area contributed by atoms with E-state index >= 15 is 0 Å². The van der Waals surface area contributed by atoms with Gasteiger partial charge in [0.05, 0.1) is 10.5 Å². The molecule has 0 bridgehead atoms. The fourth-order valence-corrected chi connectivity index (χ4v) is 2.07. The zero-order valence-electron chi connectivity index (χ0n) is 8.71.